The minimum atomic E-state index is -0.490. The van der Waals surface area contributed by atoms with Gasteiger partial charge in [-0.25, -0.2) is 0 Å². The van der Waals surface area contributed by atoms with Gasteiger partial charge in [-0.05, 0) is 98.9 Å². The molecule has 34 heavy (non-hydrogen) atoms. The van der Waals surface area contributed by atoms with Crippen LogP contribution in [0.3, 0.4) is 0 Å². The molecule has 0 aliphatic carbocycles. The van der Waals surface area contributed by atoms with Crippen LogP contribution in [0.25, 0.3) is 11.8 Å². The average molecular weight is 536 g/mol. The number of amides is 2. The van der Waals surface area contributed by atoms with Crippen LogP contribution >= 0.6 is 28.1 Å². The fourth-order valence-electron chi connectivity index (χ4n) is 4.50. The summed E-state index contributed by atoms with van der Waals surface area (Å²) >= 11 is 8.81. The molecule has 0 radical (unpaired) electrons. The van der Waals surface area contributed by atoms with E-state index in [2.05, 4.69) is 57.9 Å². The maximum Gasteiger partial charge on any atom is 0.270 e. The van der Waals surface area contributed by atoms with E-state index in [1.54, 1.807) is 6.08 Å². The molecule has 3 aromatic rings. The van der Waals surface area contributed by atoms with Crippen molar-refractivity contribution >= 4 is 56.8 Å². The van der Waals surface area contributed by atoms with Gasteiger partial charge in [-0.3, -0.25) is 19.8 Å². The van der Waals surface area contributed by atoms with Crippen LogP contribution in [0.4, 0.5) is 5.69 Å². The topological polar surface area (TPSA) is 54.3 Å². The summed E-state index contributed by atoms with van der Waals surface area (Å²) in [6.45, 7) is 10.2. The van der Waals surface area contributed by atoms with Crippen LogP contribution in [0.1, 0.15) is 40.6 Å². The lowest BCUT2D eigenvalue weighted by molar-refractivity contribution is -0.122. The van der Waals surface area contributed by atoms with Gasteiger partial charge in [0.2, 0.25) is 0 Å². The molecule has 1 fully saturated rings. The zero-order chi connectivity index (χ0) is 24.7. The molecule has 0 spiro atoms. The number of benzene rings is 2. The van der Waals surface area contributed by atoms with Crippen molar-refractivity contribution in [2.24, 2.45) is 0 Å². The van der Waals surface area contributed by atoms with Gasteiger partial charge in [0.05, 0.1) is 11.4 Å². The molecule has 0 atom stereocenters. The molecule has 1 N–H and O–H groups in total. The van der Waals surface area contributed by atoms with Crippen LogP contribution in [0.2, 0.25) is 0 Å². The normalized spacial score (nSPS) is 15.3. The molecule has 1 aliphatic rings. The van der Waals surface area contributed by atoms with Crippen molar-refractivity contribution in [1.82, 2.24) is 9.88 Å². The molecule has 0 unspecified atom stereocenters. The van der Waals surface area contributed by atoms with Crippen LogP contribution in [0, 0.1) is 27.7 Å². The van der Waals surface area contributed by atoms with Gasteiger partial charge < -0.3 is 4.57 Å². The monoisotopic (exact) mass is 535 g/mol. The third-order valence-electron chi connectivity index (χ3n) is 6.20. The van der Waals surface area contributed by atoms with Crippen molar-refractivity contribution < 1.29 is 9.59 Å². The number of carbonyl (C=O) groups is 2. The number of para-hydroxylation sites is 1. The lowest BCUT2D eigenvalue weighted by Gasteiger charge is -2.30. The molecule has 1 aliphatic heterocycles. The predicted octanol–water partition coefficient (Wildman–Crippen LogP) is 5.87. The first-order chi connectivity index (χ1) is 16.1. The van der Waals surface area contributed by atoms with Gasteiger partial charge in [0, 0.05) is 15.9 Å². The lowest BCUT2D eigenvalue weighted by atomic mass is 10.0. The predicted molar refractivity (Wildman–Crippen MR) is 144 cm³/mol. The largest absolute Gasteiger partial charge is 0.317 e. The number of thiocarbonyl (C=S) groups is 1. The average Bonchev–Trinajstić information content (AvgIpc) is 3.05. The Morgan fingerprint density at radius 1 is 1.03 bits per heavy atom. The van der Waals surface area contributed by atoms with Crippen LogP contribution < -0.4 is 10.2 Å². The van der Waals surface area contributed by atoms with E-state index in [9.17, 15) is 9.59 Å². The highest BCUT2D eigenvalue weighted by atomic mass is 79.9. The van der Waals surface area contributed by atoms with E-state index in [0.717, 1.165) is 39.1 Å². The second-order valence-electron chi connectivity index (χ2n) is 8.49. The number of nitrogens with one attached hydrogen (secondary N) is 1. The number of halogens is 1. The Balaban J connectivity index is 1.82. The highest BCUT2D eigenvalue weighted by Gasteiger charge is 2.35. The van der Waals surface area contributed by atoms with Crippen LogP contribution in [-0.2, 0) is 16.0 Å². The Hall–Kier alpha value is -3.03. The van der Waals surface area contributed by atoms with Gasteiger partial charge in [-0.15, -0.1) is 0 Å². The number of carbonyl (C=O) groups excluding carboxylic acids is 2. The van der Waals surface area contributed by atoms with Gasteiger partial charge >= 0.3 is 0 Å². The maximum absolute atomic E-state index is 13.5. The van der Waals surface area contributed by atoms with Crippen LogP contribution in [0.5, 0.6) is 0 Å². The molecule has 4 rings (SSSR count). The summed E-state index contributed by atoms with van der Waals surface area (Å²) in [5, 5.41) is 2.76. The molecule has 0 bridgehead atoms. The number of rotatable bonds is 4. The van der Waals surface area contributed by atoms with E-state index in [-0.39, 0.29) is 10.7 Å². The van der Waals surface area contributed by atoms with E-state index >= 15 is 0 Å². The fourth-order valence-corrected chi connectivity index (χ4v) is 5.25. The van der Waals surface area contributed by atoms with E-state index < -0.39 is 11.8 Å². The lowest BCUT2D eigenvalue weighted by Crippen LogP contribution is -2.54. The van der Waals surface area contributed by atoms with Gasteiger partial charge in [0.15, 0.2) is 5.11 Å². The summed E-state index contributed by atoms with van der Waals surface area (Å²) in [5.74, 6) is -0.926. The number of hydrogen-bond donors (Lipinski definition) is 1. The maximum atomic E-state index is 13.5. The van der Waals surface area contributed by atoms with Crippen molar-refractivity contribution in [2.45, 2.75) is 41.0 Å². The first kappa shape index (κ1) is 24.1. The Morgan fingerprint density at radius 3 is 2.44 bits per heavy atom. The summed E-state index contributed by atoms with van der Waals surface area (Å²) in [7, 11) is 0. The highest BCUT2D eigenvalue weighted by Crippen LogP contribution is 2.30. The molecule has 2 heterocycles. The molecule has 0 saturated carbocycles. The molecule has 2 aromatic carbocycles. The molecular formula is C27H26BrN3O2S. The summed E-state index contributed by atoms with van der Waals surface area (Å²) in [6.07, 6.45) is 2.58. The SMILES string of the molecule is CCc1cccc(C)c1-n1c(C)cc(/C=C2\C(=O)NC(=S)N(c3ccc(Br)cc3C)C2=O)c1C. The van der Waals surface area contributed by atoms with E-state index in [0.29, 0.717) is 5.69 Å². The van der Waals surface area contributed by atoms with Gasteiger partial charge in [0.1, 0.15) is 5.57 Å². The Morgan fingerprint density at radius 2 is 1.76 bits per heavy atom. The summed E-state index contributed by atoms with van der Waals surface area (Å²) in [5.41, 5.74) is 7.95. The standard InChI is InChI=1S/C27H26BrN3O2S/c1-6-19-9-7-8-15(2)24(19)30-17(4)13-20(18(30)5)14-22-25(32)29-27(34)31(26(22)33)23-11-10-21(28)12-16(23)3/h7-14H,6H2,1-5H3,(H,29,32,34)/b22-14+. The molecule has 7 heteroatoms. The summed E-state index contributed by atoms with van der Waals surface area (Å²) < 4.78 is 3.10. The number of hydrogen-bond acceptors (Lipinski definition) is 3. The smallest absolute Gasteiger partial charge is 0.270 e. The van der Waals surface area contributed by atoms with Gasteiger partial charge in [-0.2, -0.15) is 0 Å². The molecule has 5 nitrogen and oxygen atoms in total. The first-order valence-corrected chi connectivity index (χ1v) is 12.3. The van der Waals surface area contributed by atoms with Gasteiger partial charge in [-0.1, -0.05) is 41.1 Å². The minimum Gasteiger partial charge on any atom is -0.317 e. The summed E-state index contributed by atoms with van der Waals surface area (Å²) in [6, 6.07) is 13.9. The number of nitrogens with zero attached hydrogens (tertiary/aromatic N) is 2. The Labute approximate surface area is 213 Å². The Bertz CT molecular complexity index is 1390. The quantitative estimate of drug-likeness (QED) is 0.258. The highest BCUT2D eigenvalue weighted by molar-refractivity contribution is 9.10. The number of aromatic nitrogens is 1. The van der Waals surface area contributed by atoms with Crippen molar-refractivity contribution in [2.75, 3.05) is 4.90 Å². The molecule has 1 aromatic heterocycles. The number of aryl methyl sites for hydroxylation is 4. The van der Waals surface area contributed by atoms with E-state index in [1.165, 1.54) is 16.0 Å². The van der Waals surface area contributed by atoms with Crippen molar-refractivity contribution in [3.8, 4) is 5.69 Å². The van der Waals surface area contributed by atoms with Gasteiger partial charge in [0.25, 0.3) is 11.8 Å². The second-order valence-corrected chi connectivity index (χ2v) is 9.79. The number of anilines is 1. The molecule has 1 saturated heterocycles. The van der Waals surface area contributed by atoms with Crippen molar-refractivity contribution in [1.29, 1.82) is 0 Å². The second kappa shape index (κ2) is 9.31. The van der Waals surface area contributed by atoms with Crippen LogP contribution in [0.15, 0.2) is 52.5 Å². The molecular weight excluding hydrogens is 510 g/mol. The van der Waals surface area contributed by atoms with E-state index in [4.69, 9.17) is 12.2 Å². The third kappa shape index (κ3) is 4.14. The van der Waals surface area contributed by atoms with Crippen molar-refractivity contribution in [3.63, 3.8) is 0 Å². The molecule has 174 valence electrons. The first-order valence-electron chi connectivity index (χ1n) is 11.1. The van der Waals surface area contributed by atoms with Crippen LogP contribution in [-0.4, -0.2) is 21.5 Å². The zero-order valence-electron chi connectivity index (χ0n) is 19.8. The summed E-state index contributed by atoms with van der Waals surface area (Å²) in [4.78, 5) is 27.7. The minimum absolute atomic E-state index is 0.0525. The zero-order valence-corrected chi connectivity index (χ0v) is 22.2. The fraction of sp³-hybridized carbons (Fsp3) is 0.222. The van der Waals surface area contributed by atoms with E-state index in [1.807, 2.05) is 45.0 Å². The van der Waals surface area contributed by atoms with Crippen molar-refractivity contribution in [3.05, 3.63) is 86.2 Å². The third-order valence-corrected chi connectivity index (χ3v) is 6.98. The molecule has 2 amide bonds. The Kier molecular flexibility index (Phi) is 6.60.